The first kappa shape index (κ1) is 11.7. The van der Waals surface area contributed by atoms with E-state index < -0.39 is 11.8 Å². The fourth-order valence-corrected chi connectivity index (χ4v) is 1.94. The highest BCUT2D eigenvalue weighted by atomic mass is 79.9. The van der Waals surface area contributed by atoms with Crippen LogP contribution in [0.5, 0.6) is 0 Å². The summed E-state index contributed by atoms with van der Waals surface area (Å²) in [5, 5.41) is 0.794. The molecule has 1 heterocycles. The molecule has 0 aliphatic rings. The standard InChI is InChI=1S/C12H8BrNO3/c1-17-12(16)10(15)8-6-7-4-2-3-5-9(7)14-11(8)13/h2-6H,1H3. The molecule has 5 heteroatoms. The van der Waals surface area contributed by atoms with E-state index in [4.69, 9.17) is 0 Å². The van der Waals surface area contributed by atoms with Crippen molar-refractivity contribution in [2.75, 3.05) is 7.11 Å². The predicted molar refractivity (Wildman–Crippen MR) is 65.8 cm³/mol. The summed E-state index contributed by atoms with van der Waals surface area (Å²) in [5.74, 6) is -1.61. The number of nitrogens with zero attached hydrogens (tertiary/aromatic N) is 1. The summed E-state index contributed by atoms with van der Waals surface area (Å²) in [6, 6.07) is 8.95. The Morgan fingerprint density at radius 2 is 2.00 bits per heavy atom. The first-order chi connectivity index (χ1) is 8.13. The number of fused-ring (bicyclic) bond motifs is 1. The number of methoxy groups -OCH3 is 1. The molecule has 86 valence electrons. The van der Waals surface area contributed by atoms with Gasteiger partial charge < -0.3 is 4.74 Å². The van der Waals surface area contributed by atoms with Crippen LogP contribution in [0.2, 0.25) is 0 Å². The number of carbonyl (C=O) groups is 2. The van der Waals surface area contributed by atoms with Crippen molar-refractivity contribution in [3.8, 4) is 0 Å². The van der Waals surface area contributed by atoms with Crippen LogP contribution in [0.25, 0.3) is 10.9 Å². The van der Waals surface area contributed by atoms with Crippen molar-refractivity contribution in [2.45, 2.75) is 0 Å². The van der Waals surface area contributed by atoms with Gasteiger partial charge in [0, 0.05) is 5.39 Å². The molecule has 0 aliphatic carbocycles. The van der Waals surface area contributed by atoms with Gasteiger partial charge in [0.2, 0.25) is 0 Å². The second kappa shape index (κ2) is 4.63. The minimum atomic E-state index is -0.900. The summed E-state index contributed by atoms with van der Waals surface area (Å²) in [7, 11) is 1.17. The number of carbonyl (C=O) groups excluding carboxylic acids is 2. The zero-order chi connectivity index (χ0) is 12.4. The fraction of sp³-hybridized carbons (Fsp3) is 0.0833. The number of hydrogen-bond donors (Lipinski definition) is 0. The number of pyridine rings is 1. The molecule has 2 rings (SSSR count). The quantitative estimate of drug-likeness (QED) is 0.369. The second-order valence-electron chi connectivity index (χ2n) is 3.34. The van der Waals surface area contributed by atoms with Gasteiger partial charge in [0.25, 0.3) is 5.78 Å². The monoisotopic (exact) mass is 293 g/mol. The minimum Gasteiger partial charge on any atom is -0.463 e. The van der Waals surface area contributed by atoms with Crippen molar-refractivity contribution in [3.05, 3.63) is 40.5 Å². The van der Waals surface area contributed by atoms with Gasteiger partial charge in [0.05, 0.1) is 18.2 Å². The van der Waals surface area contributed by atoms with Gasteiger partial charge in [-0.2, -0.15) is 0 Å². The van der Waals surface area contributed by atoms with Crippen molar-refractivity contribution < 1.29 is 14.3 Å². The minimum absolute atomic E-state index is 0.204. The van der Waals surface area contributed by atoms with Crippen LogP contribution >= 0.6 is 15.9 Å². The SMILES string of the molecule is COC(=O)C(=O)c1cc2ccccc2nc1Br. The molecule has 0 spiro atoms. The molecule has 0 saturated heterocycles. The number of hydrogen-bond acceptors (Lipinski definition) is 4. The van der Waals surface area contributed by atoms with Crippen LogP contribution in [-0.2, 0) is 9.53 Å². The van der Waals surface area contributed by atoms with Gasteiger partial charge in [-0.25, -0.2) is 9.78 Å². The molecule has 2 aromatic rings. The van der Waals surface area contributed by atoms with Gasteiger partial charge in [-0.3, -0.25) is 4.79 Å². The number of esters is 1. The first-order valence-electron chi connectivity index (χ1n) is 4.81. The van der Waals surface area contributed by atoms with E-state index in [1.807, 2.05) is 24.3 Å². The van der Waals surface area contributed by atoms with Crippen molar-refractivity contribution in [3.63, 3.8) is 0 Å². The summed E-state index contributed by atoms with van der Waals surface area (Å²) in [4.78, 5) is 27.1. The average molecular weight is 294 g/mol. The lowest BCUT2D eigenvalue weighted by molar-refractivity contribution is -0.135. The van der Waals surface area contributed by atoms with Crippen LogP contribution in [0.3, 0.4) is 0 Å². The molecule has 0 N–H and O–H groups in total. The van der Waals surface area contributed by atoms with E-state index in [2.05, 4.69) is 25.7 Å². The fourth-order valence-electron chi connectivity index (χ4n) is 1.45. The topological polar surface area (TPSA) is 56.3 Å². The number of aromatic nitrogens is 1. The van der Waals surface area contributed by atoms with Gasteiger partial charge in [0.15, 0.2) is 0 Å². The third-order valence-corrected chi connectivity index (χ3v) is 2.90. The number of ketones is 1. The maximum absolute atomic E-state index is 11.7. The smallest absolute Gasteiger partial charge is 0.379 e. The van der Waals surface area contributed by atoms with E-state index in [1.165, 1.54) is 7.11 Å². The Hall–Kier alpha value is -1.75. The van der Waals surface area contributed by atoms with Crippen LogP contribution in [0.15, 0.2) is 34.9 Å². The molecule has 0 atom stereocenters. The van der Waals surface area contributed by atoms with Crippen LogP contribution in [0.4, 0.5) is 0 Å². The van der Waals surface area contributed by atoms with Crippen molar-refractivity contribution in [2.24, 2.45) is 0 Å². The van der Waals surface area contributed by atoms with Gasteiger partial charge in [0.1, 0.15) is 4.60 Å². The summed E-state index contributed by atoms with van der Waals surface area (Å²) < 4.78 is 4.74. The Bertz CT molecular complexity index is 610. The summed E-state index contributed by atoms with van der Waals surface area (Å²) >= 11 is 3.18. The molecule has 0 radical (unpaired) electrons. The third kappa shape index (κ3) is 2.19. The number of benzene rings is 1. The van der Waals surface area contributed by atoms with Crippen LogP contribution in [0.1, 0.15) is 10.4 Å². The molecular weight excluding hydrogens is 286 g/mol. The van der Waals surface area contributed by atoms with Crippen molar-refractivity contribution >= 4 is 38.6 Å². The van der Waals surface area contributed by atoms with Crippen molar-refractivity contribution in [1.82, 2.24) is 4.98 Å². The number of halogens is 1. The molecule has 0 saturated carbocycles. The van der Waals surface area contributed by atoms with Gasteiger partial charge >= 0.3 is 5.97 Å². The van der Waals surface area contributed by atoms with Gasteiger partial charge in [-0.05, 0) is 28.1 Å². The van der Waals surface area contributed by atoms with E-state index in [1.54, 1.807) is 6.07 Å². The zero-order valence-electron chi connectivity index (χ0n) is 8.94. The molecule has 1 aromatic heterocycles. The van der Waals surface area contributed by atoms with Crippen molar-refractivity contribution in [1.29, 1.82) is 0 Å². The van der Waals surface area contributed by atoms with E-state index in [9.17, 15) is 9.59 Å². The van der Waals surface area contributed by atoms with Crippen LogP contribution < -0.4 is 0 Å². The maximum atomic E-state index is 11.7. The highest BCUT2D eigenvalue weighted by Crippen LogP contribution is 2.21. The second-order valence-corrected chi connectivity index (χ2v) is 4.09. The largest absolute Gasteiger partial charge is 0.463 e. The highest BCUT2D eigenvalue weighted by molar-refractivity contribution is 9.10. The normalized spacial score (nSPS) is 10.2. The lowest BCUT2D eigenvalue weighted by Gasteiger charge is -2.04. The molecule has 0 amide bonds. The maximum Gasteiger partial charge on any atom is 0.379 e. The Kier molecular flexibility index (Phi) is 3.19. The molecule has 0 fully saturated rings. The summed E-state index contributed by atoms with van der Waals surface area (Å²) in [6.45, 7) is 0. The first-order valence-corrected chi connectivity index (χ1v) is 5.60. The molecule has 1 aromatic carbocycles. The molecule has 17 heavy (non-hydrogen) atoms. The Balaban J connectivity index is 2.58. The third-order valence-electron chi connectivity index (χ3n) is 2.29. The molecule has 0 unspecified atom stereocenters. The average Bonchev–Trinajstić information content (AvgIpc) is 2.36. The number of Topliss-reactive ketones (excluding diaryl/α,β-unsaturated/α-hetero) is 1. The number of para-hydroxylation sites is 1. The lowest BCUT2D eigenvalue weighted by atomic mass is 10.1. The summed E-state index contributed by atoms with van der Waals surface area (Å²) in [6.07, 6.45) is 0. The Labute approximate surface area is 106 Å². The van der Waals surface area contributed by atoms with E-state index in [0.29, 0.717) is 4.60 Å². The summed E-state index contributed by atoms with van der Waals surface area (Å²) in [5.41, 5.74) is 0.955. The van der Waals surface area contributed by atoms with E-state index >= 15 is 0 Å². The zero-order valence-corrected chi connectivity index (χ0v) is 10.5. The molecular formula is C12H8BrNO3. The number of ether oxygens (including phenoxy) is 1. The van der Waals surface area contributed by atoms with Crippen LogP contribution in [-0.4, -0.2) is 23.8 Å². The van der Waals surface area contributed by atoms with Crippen LogP contribution in [0, 0.1) is 0 Å². The van der Waals surface area contributed by atoms with Gasteiger partial charge in [-0.1, -0.05) is 18.2 Å². The Morgan fingerprint density at radius 3 is 2.71 bits per heavy atom. The molecule has 4 nitrogen and oxygen atoms in total. The predicted octanol–water partition coefficient (Wildman–Crippen LogP) is 2.35. The number of rotatable bonds is 2. The molecule has 0 bridgehead atoms. The molecule has 0 aliphatic heterocycles. The van der Waals surface area contributed by atoms with E-state index in [-0.39, 0.29) is 5.56 Å². The van der Waals surface area contributed by atoms with E-state index in [0.717, 1.165) is 10.9 Å². The highest BCUT2D eigenvalue weighted by Gasteiger charge is 2.20. The lowest BCUT2D eigenvalue weighted by Crippen LogP contribution is -2.16. The van der Waals surface area contributed by atoms with Gasteiger partial charge in [-0.15, -0.1) is 0 Å². The Morgan fingerprint density at radius 1 is 1.29 bits per heavy atom.